The van der Waals surface area contributed by atoms with Gasteiger partial charge in [0.25, 0.3) is 0 Å². The first kappa shape index (κ1) is 120. The van der Waals surface area contributed by atoms with E-state index < -0.39 is 0 Å². The van der Waals surface area contributed by atoms with Crippen molar-refractivity contribution in [1.29, 1.82) is 0 Å². The van der Waals surface area contributed by atoms with Crippen molar-refractivity contribution in [3.05, 3.63) is 60.8 Å². The van der Waals surface area contributed by atoms with Crippen molar-refractivity contribution in [3.63, 3.8) is 0 Å². The van der Waals surface area contributed by atoms with Gasteiger partial charge in [0, 0.05) is 0 Å². The molecule has 0 aromatic heterocycles. The monoisotopic (exact) mass is 1410 g/mol. The highest BCUT2D eigenvalue weighted by atomic mass is 14.1. The van der Waals surface area contributed by atoms with Crippen LogP contribution in [0, 0.1) is 118 Å². The molecule has 0 aromatic carbocycles. The van der Waals surface area contributed by atoms with Gasteiger partial charge in [0.05, 0.1) is 0 Å². The lowest BCUT2D eigenvalue weighted by atomic mass is 10.0. The summed E-state index contributed by atoms with van der Waals surface area (Å²) in [6.45, 7) is 90.7. The summed E-state index contributed by atoms with van der Waals surface area (Å²) in [5.74, 6) is 16.6. The Hall–Kier alpha value is -1.30. The van der Waals surface area contributed by atoms with Gasteiger partial charge in [-0.3, -0.25) is 0 Å². The first-order valence-electron chi connectivity index (χ1n) is 44.6. The van der Waals surface area contributed by atoms with E-state index >= 15 is 0 Å². The second kappa shape index (κ2) is 93.8. The molecule has 0 radical (unpaired) electrons. The normalized spacial score (nSPS) is 11.8. The van der Waals surface area contributed by atoms with Crippen LogP contribution in [-0.2, 0) is 0 Å². The Balaban J connectivity index is -0.000000113. The molecule has 0 heterocycles. The first-order valence-corrected chi connectivity index (χ1v) is 44.6. The van der Waals surface area contributed by atoms with Crippen molar-refractivity contribution in [2.45, 2.75) is 470 Å². The van der Waals surface area contributed by atoms with E-state index in [1.807, 2.05) is 0 Å². The molecule has 0 aromatic rings. The third-order valence-electron chi connectivity index (χ3n) is 16.1. The quantitative estimate of drug-likeness (QED) is 0.0421. The summed E-state index contributed by atoms with van der Waals surface area (Å²) in [5, 5.41) is 0. The summed E-state index contributed by atoms with van der Waals surface area (Å²) in [4.78, 5) is 0. The van der Waals surface area contributed by atoms with Crippen LogP contribution >= 0.6 is 0 Å². The Bertz CT molecular complexity index is 1460. The van der Waals surface area contributed by atoms with E-state index in [0.717, 1.165) is 88.8 Å². The van der Waals surface area contributed by atoms with Crippen molar-refractivity contribution in [1.82, 2.24) is 0 Å². The summed E-state index contributed by atoms with van der Waals surface area (Å²) in [6.07, 6.45) is 64.4. The van der Waals surface area contributed by atoms with E-state index in [4.69, 9.17) is 0 Å². The van der Waals surface area contributed by atoms with Crippen LogP contribution in [0.3, 0.4) is 0 Å². The average Bonchev–Trinajstić information content (AvgIpc) is 3.65. The molecule has 0 aliphatic heterocycles. The zero-order valence-corrected chi connectivity index (χ0v) is 78.5. The third kappa shape index (κ3) is 188. The molecular weight excluding hydrogens is 1200 g/mol. The molecule has 0 aliphatic carbocycles. The minimum Gasteiger partial charge on any atom is -0.0883 e. The zero-order valence-electron chi connectivity index (χ0n) is 78.5. The fourth-order valence-electron chi connectivity index (χ4n) is 9.51. The Morgan fingerprint density at radius 1 is 0.130 bits per heavy atom. The standard InChI is InChI=1S/C12H26.C12H24.C11H24.C11H22.C10H22.C10H20.C9H20.C9H18.C8H18.C8H16/c2*1-11(2)9-7-5-6-8-10-12(3)4;2*1-10(2)8-6-5-7-9-11(3)4;2*1-9(2)7-5-6-8-10(3)4;2*1-8(2)6-5-7-9(3)4;2*1-7(2)5-6-8(3)4/h11-12H,5-10H2,1-4H3;7,9,11-12H,5-6,8,10H2,1-4H3;10-11H,5-9H2,1-4H3;6,8,10-11H,5,7,9H2,1-4H3;9-10H,5-8H2,1-4H3;5,7,9-10H,6,8H2,1-4H3;8-9H,5-7H2,1-4H3;5-6,8-9H,7H2,1-4H3;7-8H,5-6H2,1-4H3;5-8H,1-4H3/b;9-7+;;8-6+;;7-5+;;6-5+;;6-5+. The first-order chi connectivity index (χ1) is 46.3. The molecular formula is C100H210. The molecule has 0 saturated carbocycles. The highest BCUT2D eigenvalue weighted by Gasteiger charge is 2.01. The van der Waals surface area contributed by atoms with Crippen molar-refractivity contribution in [2.24, 2.45) is 118 Å². The number of allylic oxidation sites excluding steroid dienone is 10. The SMILES string of the molecule is CC(C)/C=C/C(C)C.CC(C)/C=C/CC(C)C.CC(C)/C=C/CCC(C)C.CC(C)/C=C/CCCC(C)C.CC(C)/C=C/CCCCC(C)C.CC(C)CCC(C)C.CC(C)CCCC(C)C.CC(C)CCCCC(C)C.CC(C)CCCCCC(C)C.CC(C)CCCCCCC(C)C. The second-order valence-corrected chi connectivity index (χ2v) is 38.5. The Morgan fingerprint density at radius 2 is 0.310 bits per heavy atom. The van der Waals surface area contributed by atoms with Gasteiger partial charge in [0.2, 0.25) is 0 Å². The van der Waals surface area contributed by atoms with Crippen molar-refractivity contribution < 1.29 is 0 Å². The molecule has 0 unspecified atom stereocenters. The smallest absolute Gasteiger partial charge is 0.0290 e. The molecule has 0 atom stereocenters. The van der Waals surface area contributed by atoms with E-state index in [1.54, 1.807) is 0 Å². The van der Waals surface area contributed by atoms with Crippen LogP contribution in [0.2, 0.25) is 0 Å². The fraction of sp³-hybridized carbons (Fsp3) is 0.900. The van der Waals surface area contributed by atoms with Crippen molar-refractivity contribution in [3.8, 4) is 0 Å². The summed E-state index contributed by atoms with van der Waals surface area (Å²) < 4.78 is 0. The topological polar surface area (TPSA) is 0 Å². The summed E-state index contributed by atoms with van der Waals surface area (Å²) in [7, 11) is 0. The summed E-state index contributed by atoms with van der Waals surface area (Å²) in [6, 6.07) is 0. The van der Waals surface area contributed by atoms with Crippen LogP contribution in [0.15, 0.2) is 60.8 Å². The van der Waals surface area contributed by atoms with Crippen molar-refractivity contribution >= 4 is 0 Å². The molecule has 100 heavy (non-hydrogen) atoms. The van der Waals surface area contributed by atoms with Gasteiger partial charge in [-0.15, -0.1) is 0 Å². The summed E-state index contributed by atoms with van der Waals surface area (Å²) >= 11 is 0. The predicted molar refractivity (Wildman–Crippen MR) is 481 cm³/mol. The minimum atomic E-state index is 0.706. The van der Waals surface area contributed by atoms with Gasteiger partial charge < -0.3 is 0 Å². The van der Waals surface area contributed by atoms with E-state index in [9.17, 15) is 0 Å². The van der Waals surface area contributed by atoms with Gasteiger partial charge in [-0.05, 0) is 163 Å². The Morgan fingerprint density at radius 3 is 0.540 bits per heavy atom. The van der Waals surface area contributed by atoms with E-state index in [0.29, 0.717) is 29.6 Å². The van der Waals surface area contributed by atoms with Crippen LogP contribution in [0.4, 0.5) is 0 Å². The van der Waals surface area contributed by atoms with Gasteiger partial charge in [-0.1, -0.05) is 485 Å². The number of hydrogen-bond donors (Lipinski definition) is 0. The molecule has 0 bridgehead atoms. The maximum Gasteiger partial charge on any atom is -0.0290 e. The molecule has 0 heteroatoms. The maximum absolute atomic E-state index is 2.32. The number of rotatable bonds is 45. The van der Waals surface area contributed by atoms with Gasteiger partial charge in [0.1, 0.15) is 0 Å². The minimum absolute atomic E-state index is 0.706. The number of unbranched alkanes of at least 4 members (excludes halogenated alkanes) is 9. The van der Waals surface area contributed by atoms with Gasteiger partial charge in [-0.2, -0.15) is 0 Å². The van der Waals surface area contributed by atoms with E-state index in [1.165, 1.54) is 193 Å². The van der Waals surface area contributed by atoms with Crippen LogP contribution in [0.1, 0.15) is 470 Å². The van der Waals surface area contributed by atoms with Crippen molar-refractivity contribution in [2.75, 3.05) is 0 Å². The molecule has 0 N–H and O–H groups in total. The van der Waals surface area contributed by atoms with Crippen LogP contribution < -0.4 is 0 Å². The van der Waals surface area contributed by atoms with Crippen LogP contribution in [-0.4, -0.2) is 0 Å². The molecule has 0 saturated heterocycles. The summed E-state index contributed by atoms with van der Waals surface area (Å²) in [5.41, 5.74) is 0. The fourth-order valence-corrected chi connectivity index (χ4v) is 9.51. The lowest BCUT2D eigenvalue weighted by Crippen LogP contribution is -1.91. The Labute approximate surface area is 644 Å². The zero-order chi connectivity index (χ0) is 79.8. The second-order valence-electron chi connectivity index (χ2n) is 38.5. The number of hydrogen-bond acceptors (Lipinski definition) is 0. The lowest BCUT2D eigenvalue weighted by Gasteiger charge is -2.05. The highest BCUT2D eigenvalue weighted by molar-refractivity contribution is 4.88. The predicted octanol–water partition coefficient (Wildman–Crippen LogP) is 37.5. The molecule has 0 nitrogen and oxygen atoms in total. The van der Waals surface area contributed by atoms with Gasteiger partial charge >= 0.3 is 0 Å². The molecule has 0 rings (SSSR count). The largest absolute Gasteiger partial charge is 0.0883 e. The van der Waals surface area contributed by atoms with E-state index in [-0.39, 0.29) is 0 Å². The van der Waals surface area contributed by atoms with Gasteiger partial charge in [0.15, 0.2) is 0 Å². The highest BCUT2D eigenvalue weighted by Crippen LogP contribution is 2.17. The molecule has 610 valence electrons. The van der Waals surface area contributed by atoms with Gasteiger partial charge in [-0.25, -0.2) is 0 Å². The third-order valence-corrected chi connectivity index (χ3v) is 16.1. The van der Waals surface area contributed by atoms with Crippen LogP contribution in [0.5, 0.6) is 0 Å². The average molecular weight is 1410 g/mol. The molecule has 0 spiro atoms. The molecule has 0 amide bonds. The molecule has 0 fully saturated rings. The maximum atomic E-state index is 2.32. The Kier molecular flexibility index (Phi) is 112. The molecule has 0 aliphatic rings. The lowest BCUT2D eigenvalue weighted by molar-refractivity contribution is 0.476. The van der Waals surface area contributed by atoms with E-state index in [2.05, 4.69) is 338 Å². The van der Waals surface area contributed by atoms with Crippen LogP contribution in [0.25, 0.3) is 0 Å².